The number of aryl methyl sites for hydroxylation is 1. The smallest absolute Gasteiger partial charge is 0.119 e. The number of hydrogen-bond donors (Lipinski definition) is 3. The van der Waals surface area contributed by atoms with E-state index in [9.17, 15) is 5.11 Å². The summed E-state index contributed by atoms with van der Waals surface area (Å²) in [5.74, 6) is 0.733. The number of aliphatic hydroxyl groups is 3. The van der Waals surface area contributed by atoms with Crippen LogP contribution >= 0.6 is 0 Å². The molecule has 0 aliphatic carbocycles. The second-order valence-electron chi connectivity index (χ2n) is 4.71. The lowest BCUT2D eigenvalue weighted by atomic mass is 10.2. The Hall–Kier alpha value is -1.14. The van der Waals surface area contributed by atoms with Crippen LogP contribution in [0.25, 0.3) is 0 Å². The molecule has 20 heavy (non-hydrogen) atoms. The Morgan fingerprint density at radius 1 is 1.10 bits per heavy atom. The summed E-state index contributed by atoms with van der Waals surface area (Å²) in [6, 6.07) is 7.80. The van der Waals surface area contributed by atoms with Crippen LogP contribution < -0.4 is 4.74 Å². The van der Waals surface area contributed by atoms with Crippen LogP contribution in [0.2, 0.25) is 0 Å². The third-order valence-corrected chi connectivity index (χ3v) is 3.08. The Kier molecular flexibility index (Phi) is 8.22. The molecule has 1 atom stereocenters. The summed E-state index contributed by atoms with van der Waals surface area (Å²) in [5, 5.41) is 27.7. The fraction of sp³-hybridized carbons (Fsp3) is 0.600. The maximum Gasteiger partial charge on any atom is 0.119 e. The van der Waals surface area contributed by atoms with E-state index in [4.69, 9.17) is 14.9 Å². The fourth-order valence-corrected chi connectivity index (χ4v) is 1.94. The summed E-state index contributed by atoms with van der Waals surface area (Å²) < 4.78 is 5.52. The molecule has 0 radical (unpaired) electrons. The zero-order valence-electron chi connectivity index (χ0n) is 12.0. The number of aliphatic hydroxyl groups excluding tert-OH is 3. The van der Waals surface area contributed by atoms with E-state index in [0.29, 0.717) is 19.6 Å². The van der Waals surface area contributed by atoms with Crippen LogP contribution in [0.5, 0.6) is 5.75 Å². The largest absolute Gasteiger partial charge is 0.491 e. The molecule has 0 aromatic heterocycles. The van der Waals surface area contributed by atoms with Gasteiger partial charge in [-0.3, -0.25) is 4.90 Å². The molecule has 114 valence electrons. The lowest BCUT2D eigenvalue weighted by Crippen LogP contribution is -2.38. The van der Waals surface area contributed by atoms with Crippen molar-refractivity contribution in [3.63, 3.8) is 0 Å². The van der Waals surface area contributed by atoms with Gasteiger partial charge in [0.15, 0.2) is 0 Å². The summed E-state index contributed by atoms with van der Waals surface area (Å²) in [7, 11) is 0. The van der Waals surface area contributed by atoms with Gasteiger partial charge in [-0.1, -0.05) is 19.1 Å². The Labute approximate surface area is 120 Å². The molecule has 5 nitrogen and oxygen atoms in total. The van der Waals surface area contributed by atoms with Gasteiger partial charge in [-0.2, -0.15) is 0 Å². The summed E-state index contributed by atoms with van der Waals surface area (Å²) in [6.07, 6.45) is 0.333. The lowest BCUT2D eigenvalue weighted by Gasteiger charge is -2.23. The van der Waals surface area contributed by atoms with E-state index in [2.05, 4.69) is 6.92 Å². The summed E-state index contributed by atoms with van der Waals surface area (Å²) in [6.45, 7) is 3.53. The van der Waals surface area contributed by atoms with Gasteiger partial charge < -0.3 is 20.1 Å². The Bertz CT molecular complexity index is 349. The number of benzene rings is 1. The average molecular weight is 283 g/mol. The quantitative estimate of drug-likeness (QED) is 0.575. The van der Waals surface area contributed by atoms with E-state index in [1.807, 2.05) is 24.3 Å². The molecule has 0 saturated carbocycles. The molecule has 0 heterocycles. The van der Waals surface area contributed by atoms with Crippen molar-refractivity contribution >= 4 is 0 Å². The van der Waals surface area contributed by atoms with Gasteiger partial charge in [-0.15, -0.1) is 0 Å². The van der Waals surface area contributed by atoms with Crippen molar-refractivity contribution in [1.82, 2.24) is 4.90 Å². The second-order valence-corrected chi connectivity index (χ2v) is 4.71. The predicted octanol–water partition coefficient (Wildman–Crippen LogP) is 0.275. The highest BCUT2D eigenvalue weighted by Gasteiger charge is 2.11. The zero-order chi connectivity index (χ0) is 14.8. The molecule has 0 aliphatic rings. The average Bonchev–Trinajstić information content (AvgIpc) is 2.46. The molecule has 0 bridgehead atoms. The number of nitrogens with zero attached hydrogens (tertiary/aromatic N) is 1. The molecule has 0 unspecified atom stereocenters. The van der Waals surface area contributed by atoms with Gasteiger partial charge in [0.1, 0.15) is 18.5 Å². The molecule has 0 fully saturated rings. The molecule has 1 aromatic carbocycles. The molecular weight excluding hydrogens is 258 g/mol. The SMILES string of the molecule is CCc1ccc(OC[C@H](O)CN(CCO)CCO)cc1. The highest BCUT2D eigenvalue weighted by molar-refractivity contribution is 5.27. The predicted molar refractivity (Wildman–Crippen MR) is 77.9 cm³/mol. The van der Waals surface area contributed by atoms with E-state index in [1.54, 1.807) is 4.90 Å². The minimum absolute atomic E-state index is 0.00601. The van der Waals surface area contributed by atoms with E-state index < -0.39 is 6.10 Å². The first-order chi connectivity index (χ1) is 9.69. The van der Waals surface area contributed by atoms with Gasteiger partial charge in [0.25, 0.3) is 0 Å². The van der Waals surface area contributed by atoms with E-state index in [1.165, 1.54) is 5.56 Å². The molecule has 3 N–H and O–H groups in total. The van der Waals surface area contributed by atoms with E-state index in [0.717, 1.165) is 12.2 Å². The Morgan fingerprint density at radius 3 is 2.20 bits per heavy atom. The molecule has 0 amide bonds. The first kappa shape index (κ1) is 16.9. The van der Waals surface area contributed by atoms with Gasteiger partial charge in [-0.25, -0.2) is 0 Å². The minimum atomic E-state index is -0.654. The van der Waals surface area contributed by atoms with Gasteiger partial charge in [0.05, 0.1) is 13.2 Å². The van der Waals surface area contributed by atoms with Crippen molar-refractivity contribution in [2.24, 2.45) is 0 Å². The highest BCUT2D eigenvalue weighted by Crippen LogP contribution is 2.12. The maximum absolute atomic E-state index is 9.91. The van der Waals surface area contributed by atoms with Crippen LogP contribution in [0.3, 0.4) is 0 Å². The molecule has 1 aromatic rings. The zero-order valence-corrected chi connectivity index (χ0v) is 12.0. The van der Waals surface area contributed by atoms with E-state index >= 15 is 0 Å². The summed E-state index contributed by atoms with van der Waals surface area (Å²) >= 11 is 0. The molecule has 5 heteroatoms. The Balaban J connectivity index is 2.35. The third-order valence-electron chi connectivity index (χ3n) is 3.08. The molecular formula is C15H25NO4. The number of hydrogen-bond acceptors (Lipinski definition) is 5. The van der Waals surface area contributed by atoms with Gasteiger partial charge in [-0.05, 0) is 24.1 Å². The normalized spacial score (nSPS) is 12.7. The monoisotopic (exact) mass is 283 g/mol. The topological polar surface area (TPSA) is 73.2 Å². The molecule has 1 rings (SSSR count). The van der Waals surface area contributed by atoms with Gasteiger partial charge >= 0.3 is 0 Å². The van der Waals surface area contributed by atoms with Crippen molar-refractivity contribution < 1.29 is 20.1 Å². The van der Waals surface area contributed by atoms with Crippen LogP contribution in [-0.2, 0) is 6.42 Å². The fourth-order valence-electron chi connectivity index (χ4n) is 1.94. The molecule has 0 saturated heterocycles. The second kappa shape index (κ2) is 9.72. The van der Waals surface area contributed by atoms with Crippen molar-refractivity contribution in [1.29, 1.82) is 0 Å². The van der Waals surface area contributed by atoms with Crippen LogP contribution in [0.15, 0.2) is 24.3 Å². The lowest BCUT2D eigenvalue weighted by molar-refractivity contribution is 0.0552. The van der Waals surface area contributed by atoms with Crippen LogP contribution in [-0.4, -0.2) is 65.8 Å². The van der Waals surface area contributed by atoms with Crippen molar-refractivity contribution in [2.45, 2.75) is 19.4 Å². The maximum atomic E-state index is 9.91. The van der Waals surface area contributed by atoms with Crippen molar-refractivity contribution in [2.75, 3.05) is 39.5 Å². The first-order valence-corrected chi connectivity index (χ1v) is 7.03. The summed E-state index contributed by atoms with van der Waals surface area (Å²) in [4.78, 5) is 1.80. The standard InChI is InChI=1S/C15H25NO4/c1-2-13-3-5-15(6-4-13)20-12-14(19)11-16(7-9-17)8-10-18/h3-6,14,17-19H,2,7-12H2,1H3/t14-/m1/s1. The van der Waals surface area contributed by atoms with Crippen molar-refractivity contribution in [3.8, 4) is 5.75 Å². The van der Waals surface area contributed by atoms with E-state index in [-0.39, 0.29) is 19.8 Å². The van der Waals surface area contributed by atoms with Crippen molar-refractivity contribution in [3.05, 3.63) is 29.8 Å². The van der Waals surface area contributed by atoms with Crippen LogP contribution in [0.1, 0.15) is 12.5 Å². The van der Waals surface area contributed by atoms with Gasteiger partial charge in [0.2, 0.25) is 0 Å². The first-order valence-electron chi connectivity index (χ1n) is 7.03. The molecule has 0 aliphatic heterocycles. The number of rotatable bonds is 10. The van der Waals surface area contributed by atoms with Gasteiger partial charge in [0, 0.05) is 19.6 Å². The Morgan fingerprint density at radius 2 is 1.70 bits per heavy atom. The third kappa shape index (κ3) is 6.34. The van der Waals surface area contributed by atoms with Crippen LogP contribution in [0.4, 0.5) is 0 Å². The molecule has 0 spiro atoms. The van der Waals surface area contributed by atoms with Crippen LogP contribution in [0, 0.1) is 0 Å². The minimum Gasteiger partial charge on any atom is -0.491 e. The highest BCUT2D eigenvalue weighted by atomic mass is 16.5. The summed E-state index contributed by atoms with van der Waals surface area (Å²) in [5.41, 5.74) is 1.25. The number of ether oxygens (including phenoxy) is 1.